The van der Waals surface area contributed by atoms with Gasteiger partial charge in [-0.25, -0.2) is 0 Å². The molecule has 1 aromatic carbocycles. The first-order valence-electron chi connectivity index (χ1n) is 7.12. The number of nitrogens with zero attached hydrogens (tertiary/aromatic N) is 1. The second-order valence-corrected chi connectivity index (χ2v) is 4.79. The average molecular weight is 286 g/mol. The zero-order valence-electron chi connectivity index (χ0n) is 12.8. The van der Waals surface area contributed by atoms with E-state index in [1.807, 2.05) is 24.4 Å². The predicted octanol–water partition coefficient (Wildman–Crippen LogP) is 2.99. The van der Waals surface area contributed by atoms with E-state index in [9.17, 15) is 0 Å². The molecule has 0 radical (unpaired) electrons. The van der Waals surface area contributed by atoms with Gasteiger partial charge in [0.25, 0.3) is 0 Å². The molecule has 4 nitrogen and oxygen atoms in total. The molecule has 21 heavy (non-hydrogen) atoms. The van der Waals surface area contributed by atoms with Crippen LogP contribution in [0.25, 0.3) is 0 Å². The zero-order valence-corrected chi connectivity index (χ0v) is 12.8. The molecule has 0 saturated carbocycles. The van der Waals surface area contributed by atoms with Gasteiger partial charge in [0.1, 0.15) is 0 Å². The molecule has 0 saturated heterocycles. The van der Waals surface area contributed by atoms with Gasteiger partial charge >= 0.3 is 0 Å². The minimum atomic E-state index is 0.238. The fourth-order valence-corrected chi connectivity index (χ4v) is 2.38. The molecule has 2 rings (SSSR count). The van der Waals surface area contributed by atoms with Crippen LogP contribution in [0.15, 0.2) is 42.7 Å². The van der Waals surface area contributed by atoms with Gasteiger partial charge in [0.05, 0.1) is 14.2 Å². The largest absolute Gasteiger partial charge is 0.493 e. The van der Waals surface area contributed by atoms with Crippen LogP contribution in [0.5, 0.6) is 11.5 Å². The van der Waals surface area contributed by atoms with E-state index in [1.165, 1.54) is 11.1 Å². The Kier molecular flexibility index (Phi) is 5.58. The minimum absolute atomic E-state index is 0.238. The van der Waals surface area contributed by atoms with Crippen LogP contribution >= 0.6 is 0 Å². The van der Waals surface area contributed by atoms with E-state index in [0.29, 0.717) is 0 Å². The maximum absolute atomic E-state index is 5.37. The highest BCUT2D eigenvalue weighted by Crippen LogP contribution is 2.29. The van der Waals surface area contributed by atoms with Crippen molar-refractivity contribution in [3.8, 4) is 11.5 Å². The fraction of sp³-hybridized carbons (Fsp3) is 0.353. The number of hydrogen-bond acceptors (Lipinski definition) is 4. The second kappa shape index (κ2) is 7.64. The summed E-state index contributed by atoms with van der Waals surface area (Å²) in [5.74, 6) is 1.51. The zero-order chi connectivity index (χ0) is 15.1. The molecule has 0 spiro atoms. The molecule has 1 unspecified atom stereocenters. The van der Waals surface area contributed by atoms with Crippen molar-refractivity contribution in [3.63, 3.8) is 0 Å². The van der Waals surface area contributed by atoms with Crippen LogP contribution < -0.4 is 14.8 Å². The summed E-state index contributed by atoms with van der Waals surface area (Å²) in [5.41, 5.74) is 2.39. The first-order valence-corrected chi connectivity index (χ1v) is 7.12. The molecule has 0 bridgehead atoms. The molecule has 0 fully saturated rings. The van der Waals surface area contributed by atoms with Gasteiger partial charge in [0.2, 0.25) is 0 Å². The molecular weight excluding hydrogens is 264 g/mol. The van der Waals surface area contributed by atoms with E-state index in [4.69, 9.17) is 9.47 Å². The molecule has 0 aliphatic carbocycles. The molecule has 1 heterocycles. The van der Waals surface area contributed by atoms with Crippen molar-refractivity contribution >= 4 is 0 Å². The topological polar surface area (TPSA) is 43.4 Å². The monoisotopic (exact) mass is 286 g/mol. The van der Waals surface area contributed by atoms with E-state index in [2.05, 4.69) is 29.4 Å². The molecule has 1 aromatic heterocycles. The summed E-state index contributed by atoms with van der Waals surface area (Å²) in [6.07, 6.45) is 4.58. The lowest BCUT2D eigenvalue weighted by Crippen LogP contribution is -2.23. The SMILES string of the molecule is CCNC(Cc1ccc(OC)c(OC)c1)c1cccnc1. The summed E-state index contributed by atoms with van der Waals surface area (Å²) in [6.45, 7) is 3.02. The van der Waals surface area contributed by atoms with E-state index in [0.717, 1.165) is 24.5 Å². The lowest BCUT2D eigenvalue weighted by molar-refractivity contribution is 0.354. The van der Waals surface area contributed by atoms with Crippen molar-refractivity contribution in [3.05, 3.63) is 53.9 Å². The summed E-state index contributed by atoms with van der Waals surface area (Å²) < 4.78 is 10.6. The Labute approximate surface area is 126 Å². The molecular formula is C17H22N2O2. The van der Waals surface area contributed by atoms with Crippen molar-refractivity contribution < 1.29 is 9.47 Å². The Bertz CT molecular complexity index is 558. The van der Waals surface area contributed by atoms with Crippen LogP contribution in [0.3, 0.4) is 0 Å². The summed E-state index contributed by atoms with van der Waals surface area (Å²) in [4.78, 5) is 4.21. The normalized spacial score (nSPS) is 12.0. The summed E-state index contributed by atoms with van der Waals surface area (Å²) in [5, 5.41) is 3.50. The quantitative estimate of drug-likeness (QED) is 0.849. The molecule has 1 atom stereocenters. The Balaban J connectivity index is 2.21. The summed E-state index contributed by atoms with van der Waals surface area (Å²) in [6, 6.07) is 10.3. The van der Waals surface area contributed by atoms with Crippen LogP contribution in [-0.4, -0.2) is 25.7 Å². The van der Waals surface area contributed by atoms with Gasteiger partial charge in [-0.05, 0) is 42.3 Å². The van der Waals surface area contributed by atoms with Crippen molar-refractivity contribution in [2.45, 2.75) is 19.4 Å². The number of hydrogen-bond donors (Lipinski definition) is 1. The first-order chi connectivity index (χ1) is 10.3. The van der Waals surface area contributed by atoms with Gasteiger partial charge in [-0.1, -0.05) is 19.1 Å². The highest BCUT2D eigenvalue weighted by atomic mass is 16.5. The highest BCUT2D eigenvalue weighted by Gasteiger charge is 2.13. The van der Waals surface area contributed by atoms with Crippen LogP contribution in [0, 0.1) is 0 Å². The van der Waals surface area contributed by atoms with E-state index in [-0.39, 0.29) is 6.04 Å². The Morgan fingerprint density at radius 2 is 1.95 bits per heavy atom. The Hall–Kier alpha value is -2.07. The number of ether oxygens (including phenoxy) is 2. The number of aromatic nitrogens is 1. The highest BCUT2D eigenvalue weighted by molar-refractivity contribution is 5.43. The number of benzene rings is 1. The Morgan fingerprint density at radius 3 is 2.57 bits per heavy atom. The van der Waals surface area contributed by atoms with Gasteiger partial charge in [-0.3, -0.25) is 4.98 Å². The van der Waals surface area contributed by atoms with Gasteiger partial charge < -0.3 is 14.8 Å². The lowest BCUT2D eigenvalue weighted by Gasteiger charge is -2.19. The average Bonchev–Trinajstić information content (AvgIpc) is 2.55. The number of methoxy groups -OCH3 is 2. The smallest absolute Gasteiger partial charge is 0.160 e. The lowest BCUT2D eigenvalue weighted by atomic mass is 10.00. The van der Waals surface area contributed by atoms with Gasteiger partial charge in [0.15, 0.2) is 11.5 Å². The minimum Gasteiger partial charge on any atom is -0.493 e. The van der Waals surface area contributed by atoms with Gasteiger partial charge in [-0.2, -0.15) is 0 Å². The Morgan fingerprint density at radius 1 is 1.14 bits per heavy atom. The maximum Gasteiger partial charge on any atom is 0.160 e. The summed E-state index contributed by atoms with van der Waals surface area (Å²) >= 11 is 0. The van der Waals surface area contributed by atoms with Crippen molar-refractivity contribution in [2.24, 2.45) is 0 Å². The van der Waals surface area contributed by atoms with Crippen molar-refractivity contribution in [2.75, 3.05) is 20.8 Å². The summed E-state index contributed by atoms with van der Waals surface area (Å²) in [7, 11) is 3.30. The molecule has 4 heteroatoms. The van der Waals surface area contributed by atoms with Gasteiger partial charge in [-0.15, -0.1) is 0 Å². The van der Waals surface area contributed by atoms with Crippen molar-refractivity contribution in [1.29, 1.82) is 0 Å². The fourth-order valence-electron chi connectivity index (χ4n) is 2.38. The third kappa shape index (κ3) is 3.95. The standard InChI is InChI=1S/C17H22N2O2/c1-4-19-15(14-6-5-9-18-12-14)10-13-7-8-16(20-2)17(11-13)21-3/h5-9,11-12,15,19H,4,10H2,1-3H3. The molecule has 0 amide bonds. The van der Waals surface area contributed by atoms with E-state index < -0.39 is 0 Å². The van der Waals surface area contributed by atoms with Crippen LogP contribution in [0.1, 0.15) is 24.1 Å². The number of nitrogens with one attached hydrogen (secondary N) is 1. The molecule has 0 aliphatic heterocycles. The predicted molar refractivity (Wildman–Crippen MR) is 83.9 cm³/mol. The van der Waals surface area contributed by atoms with Gasteiger partial charge in [0, 0.05) is 18.4 Å². The number of rotatable bonds is 7. The molecule has 0 aliphatic rings. The second-order valence-electron chi connectivity index (χ2n) is 4.79. The molecule has 1 N–H and O–H groups in total. The number of pyridine rings is 1. The van der Waals surface area contributed by atoms with E-state index in [1.54, 1.807) is 20.4 Å². The van der Waals surface area contributed by atoms with E-state index >= 15 is 0 Å². The van der Waals surface area contributed by atoms with Crippen LogP contribution in [0.4, 0.5) is 0 Å². The van der Waals surface area contributed by atoms with Crippen molar-refractivity contribution in [1.82, 2.24) is 10.3 Å². The van der Waals surface area contributed by atoms with Crippen LogP contribution in [-0.2, 0) is 6.42 Å². The van der Waals surface area contributed by atoms with Crippen LogP contribution in [0.2, 0.25) is 0 Å². The third-order valence-corrected chi connectivity index (χ3v) is 3.43. The number of likely N-dealkylation sites (N-methyl/N-ethyl adjacent to an activating group) is 1. The maximum atomic E-state index is 5.37. The third-order valence-electron chi connectivity index (χ3n) is 3.43. The molecule has 112 valence electrons. The molecule has 2 aromatic rings. The first kappa shape index (κ1) is 15.3.